The molecule has 0 aromatic heterocycles. The van der Waals surface area contributed by atoms with Gasteiger partial charge in [-0.05, 0) is 61.2 Å². The molecule has 1 atom stereocenters. The lowest BCUT2D eigenvalue weighted by atomic mass is 9.84. The number of esters is 1. The van der Waals surface area contributed by atoms with Crippen molar-refractivity contribution in [3.05, 3.63) is 68.7 Å². The van der Waals surface area contributed by atoms with Crippen LogP contribution in [0.2, 0.25) is 10.0 Å². The van der Waals surface area contributed by atoms with Crippen LogP contribution in [0.15, 0.2) is 36.4 Å². The molecule has 1 heterocycles. The van der Waals surface area contributed by atoms with E-state index < -0.39 is 5.97 Å². The van der Waals surface area contributed by atoms with Crippen molar-refractivity contribution in [2.24, 2.45) is 0 Å². The van der Waals surface area contributed by atoms with Crippen LogP contribution in [0.3, 0.4) is 0 Å². The number of carbonyl (C=O) groups excluding carboxylic acids is 2. The number of aryl methyl sites for hydroxylation is 1. The Kier molecular flexibility index (Phi) is 8.35. The number of benzene rings is 2. The SMILES string of the molecule is CCOC(=O)CNC(=O)CCCc1cccc(C2CN(C)Cc3c(Cl)cc(Cl)cc32)c1. The molecule has 166 valence electrons. The van der Waals surface area contributed by atoms with Crippen molar-refractivity contribution in [1.29, 1.82) is 0 Å². The molecule has 2 aromatic carbocycles. The van der Waals surface area contributed by atoms with Crippen LogP contribution >= 0.6 is 23.2 Å². The van der Waals surface area contributed by atoms with E-state index in [0.29, 0.717) is 29.5 Å². The third kappa shape index (κ3) is 6.45. The zero-order valence-corrected chi connectivity index (χ0v) is 19.4. The second kappa shape index (κ2) is 11.0. The van der Waals surface area contributed by atoms with Crippen LogP contribution in [0.1, 0.15) is 47.9 Å². The lowest BCUT2D eigenvalue weighted by Gasteiger charge is -2.33. The third-order valence-corrected chi connectivity index (χ3v) is 6.01. The van der Waals surface area contributed by atoms with Crippen LogP contribution in [0.5, 0.6) is 0 Å². The molecular formula is C24H28Cl2N2O3. The van der Waals surface area contributed by atoms with Gasteiger partial charge in [0.2, 0.25) is 5.91 Å². The van der Waals surface area contributed by atoms with Crippen molar-refractivity contribution in [2.75, 3.05) is 26.7 Å². The molecule has 2 aromatic rings. The van der Waals surface area contributed by atoms with Crippen LogP contribution in [0, 0.1) is 0 Å². The van der Waals surface area contributed by atoms with E-state index in [0.717, 1.165) is 25.1 Å². The highest BCUT2D eigenvalue weighted by molar-refractivity contribution is 6.35. The van der Waals surface area contributed by atoms with Crippen LogP contribution < -0.4 is 5.32 Å². The minimum Gasteiger partial charge on any atom is -0.465 e. The van der Waals surface area contributed by atoms with Crippen LogP contribution in [-0.2, 0) is 27.3 Å². The number of amides is 1. The molecule has 0 fully saturated rings. The molecule has 5 nitrogen and oxygen atoms in total. The minimum absolute atomic E-state index is 0.0815. The fourth-order valence-corrected chi connectivity index (χ4v) is 4.59. The molecule has 1 N–H and O–H groups in total. The van der Waals surface area contributed by atoms with Gasteiger partial charge in [0.05, 0.1) is 6.61 Å². The second-order valence-electron chi connectivity index (χ2n) is 7.89. The van der Waals surface area contributed by atoms with Crippen molar-refractivity contribution in [1.82, 2.24) is 10.2 Å². The summed E-state index contributed by atoms with van der Waals surface area (Å²) in [7, 11) is 2.10. The van der Waals surface area contributed by atoms with E-state index in [1.54, 1.807) is 6.92 Å². The highest BCUT2D eigenvalue weighted by Gasteiger charge is 2.27. The average molecular weight is 463 g/mol. The summed E-state index contributed by atoms with van der Waals surface area (Å²) in [5, 5.41) is 3.97. The zero-order valence-electron chi connectivity index (χ0n) is 17.9. The van der Waals surface area contributed by atoms with E-state index in [1.165, 1.54) is 16.7 Å². The molecule has 0 saturated heterocycles. The minimum atomic E-state index is -0.415. The molecule has 31 heavy (non-hydrogen) atoms. The predicted octanol–water partition coefficient (Wildman–Crippen LogP) is 4.57. The van der Waals surface area contributed by atoms with Gasteiger partial charge in [0.1, 0.15) is 6.54 Å². The molecule has 0 spiro atoms. The first-order valence-corrected chi connectivity index (χ1v) is 11.3. The normalized spacial score (nSPS) is 15.9. The highest BCUT2D eigenvalue weighted by Crippen LogP contribution is 2.38. The standard InChI is InChI=1S/C24H28Cl2N2O3/c1-3-31-24(30)13-27-23(29)9-5-7-16-6-4-8-17(10-16)20-14-28(2)15-21-19(20)11-18(25)12-22(21)26/h4,6,8,10-12,20H,3,5,7,9,13-15H2,1-2H3,(H,27,29). The number of ether oxygens (including phenoxy) is 1. The van der Waals surface area contributed by atoms with E-state index in [4.69, 9.17) is 27.9 Å². The first-order chi connectivity index (χ1) is 14.9. The van der Waals surface area contributed by atoms with Crippen LogP contribution in [0.4, 0.5) is 0 Å². The molecule has 0 bridgehead atoms. The summed E-state index contributed by atoms with van der Waals surface area (Å²) >= 11 is 12.8. The second-order valence-corrected chi connectivity index (χ2v) is 8.73. The summed E-state index contributed by atoms with van der Waals surface area (Å²) in [5.74, 6) is -0.365. The van der Waals surface area contributed by atoms with Gasteiger partial charge in [-0.2, -0.15) is 0 Å². The summed E-state index contributed by atoms with van der Waals surface area (Å²) in [6.07, 6.45) is 1.85. The fourth-order valence-electron chi connectivity index (χ4n) is 4.02. The Morgan fingerprint density at radius 2 is 2.03 bits per heavy atom. The van der Waals surface area contributed by atoms with Gasteiger partial charge >= 0.3 is 5.97 Å². The predicted molar refractivity (Wildman–Crippen MR) is 124 cm³/mol. The molecule has 3 rings (SSSR count). The smallest absolute Gasteiger partial charge is 0.325 e. The maximum atomic E-state index is 11.9. The Bertz CT molecular complexity index is 948. The molecular weight excluding hydrogens is 435 g/mol. The van der Waals surface area contributed by atoms with Gasteiger partial charge in [0.25, 0.3) is 0 Å². The van der Waals surface area contributed by atoms with Crippen molar-refractivity contribution in [3.8, 4) is 0 Å². The van der Waals surface area contributed by atoms with Crippen molar-refractivity contribution in [2.45, 2.75) is 38.6 Å². The molecule has 0 saturated carbocycles. The van der Waals surface area contributed by atoms with Crippen molar-refractivity contribution < 1.29 is 14.3 Å². The summed E-state index contributed by atoms with van der Waals surface area (Å²) in [6, 6.07) is 12.3. The number of hydrogen-bond donors (Lipinski definition) is 1. The Balaban J connectivity index is 1.64. The largest absolute Gasteiger partial charge is 0.465 e. The van der Waals surface area contributed by atoms with Gasteiger partial charge < -0.3 is 15.0 Å². The molecule has 7 heteroatoms. The number of carbonyl (C=O) groups is 2. The van der Waals surface area contributed by atoms with E-state index >= 15 is 0 Å². The lowest BCUT2D eigenvalue weighted by molar-refractivity contribution is -0.143. The monoisotopic (exact) mass is 462 g/mol. The van der Waals surface area contributed by atoms with Gasteiger partial charge in [-0.15, -0.1) is 0 Å². The maximum Gasteiger partial charge on any atom is 0.325 e. The first-order valence-electron chi connectivity index (χ1n) is 10.5. The van der Waals surface area contributed by atoms with Crippen molar-refractivity contribution in [3.63, 3.8) is 0 Å². The lowest BCUT2D eigenvalue weighted by Crippen LogP contribution is -2.31. The van der Waals surface area contributed by atoms with E-state index in [2.05, 4.69) is 41.5 Å². The molecule has 0 aliphatic carbocycles. The highest BCUT2D eigenvalue weighted by atomic mass is 35.5. The number of nitrogens with zero attached hydrogens (tertiary/aromatic N) is 1. The third-order valence-electron chi connectivity index (χ3n) is 5.45. The zero-order chi connectivity index (χ0) is 22.4. The quantitative estimate of drug-likeness (QED) is 0.583. The molecule has 1 amide bonds. The average Bonchev–Trinajstić information content (AvgIpc) is 2.73. The van der Waals surface area contributed by atoms with Crippen molar-refractivity contribution >= 4 is 35.1 Å². The van der Waals surface area contributed by atoms with E-state index in [1.807, 2.05) is 12.1 Å². The number of halogens is 2. The number of likely N-dealkylation sites (N-methyl/N-ethyl adjacent to an activating group) is 1. The van der Waals surface area contributed by atoms with Gasteiger partial charge in [-0.1, -0.05) is 47.5 Å². The van der Waals surface area contributed by atoms with Crippen LogP contribution in [0.25, 0.3) is 0 Å². The first kappa shape index (κ1) is 23.6. The number of rotatable bonds is 8. The topological polar surface area (TPSA) is 58.6 Å². The molecule has 0 radical (unpaired) electrons. The summed E-state index contributed by atoms with van der Waals surface area (Å²) in [6.45, 7) is 3.67. The van der Waals surface area contributed by atoms with E-state index in [9.17, 15) is 9.59 Å². The number of hydrogen-bond acceptors (Lipinski definition) is 4. The fraction of sp³-hybridized carbons (Fsp3) is 0.417. The Labute approximate surface area is 193 Å². The number of fused-ring (bicyclic) bond motifs is 1. The van der Waals surface area contributed by atoms with Gasteiger partial charge in [0, 0.05) is 35.5 Å². The molecule has 1 aliphatic heterocycles. The Morgan fingerprint density at radius 1 is 1.23 bits per heavy atom. The number of nitrogens with one attached hydrogen (secondary N) is 1. The summed E-state index contributed by atoms with van der Waals surface area (Å²) in [5.41, 5.74) is 4.72. The maximum absolute atomic E-state index is 11.9. The summed E-state index contributed by atoms with van der Waals surface area (Å²) in [4.78, 5) is 25.5. The van der Waals surface area contributed by atoms with Gasteiger partial charge in [-0.25, -0.2) is 0 Å². The molecule has 1 aliphatic rings. The van der Waals surface area contributed by atoms with Crippen LogP contribution in [-0.4, -0.2) is 43.5 Å². The Hall–Kier alpha value is -2.08. The van der Waals surface area contributed by atoms with Gasteiger partial charge in [-0.3, -0.25) is 9.59 Å². The summed E-state index contributed by atoms with van der Waals surface area (Å²) < 4.78 is 4.81. The molecule has 1 unspecified atom stereocenters. The van der Waals surface area contributed by atoms with Gasteiger partial charge in [0.15, 0.2) is 0 Å². The van der Waals surface area contributed by atoms with E-state index in [-0.39, 0.29) is 18.4 Å². The Morgan fingerprint density at radius 3 is 2.81 bits per heavy atom.